The Morgan fingerprint density at radius 3 is 1.23 bits per heavy atom. The number of fused-ring (bicyclic) bond motifs is 16. The minimum atomic E-state index is -0.497. The Hall–Kier alpha value is -5.53. The van der Waals surface area contributed by atoms with Crippen molar-refractivity contribution >= 4 is 0 Å². The van der Waals surface area contributed by atoms with E-state index in [9.17, 15) is 0 Å². The van der Waals surface area contributed by atoms with Gasteiger partial charge in [0.25, 0.3) is 0 Å². The zero-order chi connectivity index (χ0) is 28.9. The van der Waals surface area contributed by atoms with Crippen molar-refractivity contribution in [1.29, 1.82) is 0 Å². The molecule has 1 aromatic heterocycles. The summed E-state index contributed by atoms with van der Waals surface area (Å²) in [6, 6.07) is 56.8. The molecule has 0 bridgehead atoms. The summed E-state index contributed by atoms with van der Waals surface area (Å²) < 4.78 is 0. The highest BCUT2D eigenvalue weighted by atomic mass is 14.6. The van der Waals surface area contributed by atoms with Crippen molar-refractivity contribution in [2.45, 2.75) is 10.8 Å². The Labute approximate surface area is 257 Å². The third-order valence-electron chi connectivity index (χ3n) is 10.5. The van der Waals surface area contributed by atoms with Gasteiger partial charge in [-0.1, -0.05) is 146 Å². The second-order valence-electron chi connectivity index (χ2n) is 12.2. The second kappa shape index (κ2) is 8.52. The van der Waals surface area contributed by atoms with Crippen LogP contribution in [0.4, 0.5) is 0 Å². The van der Waals surface area contributed by atoms with Crippen molar-refractivity contribution in [3.8, 4) is 33.4 Å². The van der Waals surface area contributed by atoms with Crippen LogP contribution in [0.2, 0.25) is 0 Å². The fourth-order valence-corrected chi connectivity index (χ4v) is 9.06. The predicted octanol–water partition coefficient (Wildman–Crippen LogP) is 9.79. The van der Waals surface area contributed by atoms with Gasteiger partial charge in [0, 0.05) is 18.0 Å². The first-order chi connectivity index (χ1) is 21.9. The standard InChI is InChI=1S/C43H27N/c1-5-19-34-30(14-1)31-15-2-6-20-35(31)42(34)38-23-9-10-24-39(38)43(36-21-7-3-16-32(36)33-17-4-8-22-37(33)43)41-29(18-11-25-40(41)42)28-13-12-26-44-27-28/h1-27H. The van der Waals surface area contributed by atoms with Gasteiger partial charge in [0.15, 0.2) is 0 Å². The molecule has 10 rings (SSSR count). The van der Waals surface area contributed by atoms with Crippen molar-refractivity contribution in [3.05, 3.63) is 209 Å². The molecular formula is C43H27N. The predicted molar refractivity (Wildman–Crippen MR) is 178 cm³/mol. The maximum absolute atomic E-state index is 4.62. The molecule has 44 heavy (non-hydrogen) atoms. The summed E-state index contributed by atoms with van der Waals surface area (Å²) in [4.78, 5) is 4.62. The number of pyridine rings is 1. The van der Waals surface area contributed by atoms with Crippen LogP contribution >= 0.6 is 0 Å². The molecule has 6 aromatic carbocycles. The molecule has 0 amide bonds. The highest BCUT2D eigenvalue weighted by molar-refractivity contribution is 5.95. The van der Waals surface area contributed by atoms with Crippen molar-refractivity contribution in [2.75, 3.05) is 0 Å². The van der Waals surface area contributed by atoms with Gasteiger partial charge in [-0.3, -0.25) is 4.98 Å². The number of nitrogens with zero attached hydrogens (tertiary/aromatic N) is 1. The summed E-state index contributed by atoms with van der Waals surface area (Å²) in [7, 11) is 0. The van der Waals surface area contributed by atoms with Gasteiger partial charge in [-0.05, 0) is 78.4 Å². The fraction of sp³-hybridized carbons (Fsp3) is 0.0465. The van der Waals surface area contributed by atoms with Crippen LogP contribution in [0, 0.1) is 0 Å². The van der Waals surface area contributed by atoms with Crippen molar-refractivity contribution in [1.82, 2.24) is 4.98 Å². The highest BCUT2D eigenvalue weighted by Gasteiger charge is 2.59. The molecule has 1 heteroatoms. The van der Waals surface area contributed by atoms with Gasteiger partial charge in [-0.25, -0.2) is 0 Å². The third kappa shape index (κ3) is 2.65. The molecular weight excluding hydrogens is 530 g/mol. The van der Waals surface area contributed by atoms with Crippen molar-refractivity contribution < 1.29 is 0 Å². The van der Waals surface area contributed by atoms with Crippen LogP contribution in [-0.4, -0.2) is 4.98 Å². The first-order valence-corrected chi connectivity index (χ1v) is 15.4. The first kappa shape index (κ1) is 24.0. The maximum Gasteiger partial charge on any atom is 0.0726 e. The quantitative estimate of drug-likeness (QED) is 0.196. The average Bonchev–Trinajstić information content (AvgIpc) is 3.56. The molecule has 1 heterocycles. The lowest BCUT2D eigenvalue weighted by atomic mass is 9.51. The SMILES string of the molecule is c1cncc(-c2cccc3c2C2(c4ccccc4-c4ccccc42)c2ccccc2C32c3ccccc3-c3ccccc32)c1. The molecule has 2 spiro atoms. The average molecular weight is 558 g/mol. The van der Waals surface area contributed by atoms with Crippen LogP contribution in [0.15, 0.2) is 164 Å². The lowest BCUT2D eigenvalue weighted by molar-refractivity contribution is 0.634. The Bertz CT molecular complexity index is 2200. The van der Waals surface area contributed by atoms with Crippen LogP contribution in [0.3, 0.4) is 0 Å². The van der Waals surface area contributed by atoms with Gasteiger partial charge < -0.3 is 0 Å². The molecule has 0 saturated heterocycles. The number of benzene rings is 6. The number of rotatable bonds is 1. The molecule has 0 aliphatic heterocycles. The molecule has 0 fully saturated rings. The van der Waals surface area contributed by atoms with E-state index in [2.05, 4.69) is 157 Å². The van der Waals surface area contributed by atoms with Crippen molar-refractivity contribution in [2.24, 2.45) is 0 Å². The van der Waals surface area contributed by atoms with Crippen molar-refractivity contribution in [3.63, 3.8) is 0 Å². The molecule has 0 N–H and O–H groups in total. The molecule has 0 saturated carbocycles. The molecule has 7 aromatic rings. The lowest BCUT2D eigenvalue weighted by Gasteiger charge is -2.49. The van der Waals surface area contributed by atoms with E-state index >= 15 is 0 Å². The van der Waals surface area contributed by atoms with E-state index in [0.29, 0.717) is 0 Å². The summed E-state index contributed by atoms with van der Waals surface area (Å²) in [6.07, 6.45) is 3.90. The zero-order valence-electron chi connectivity index (χ0n) is 24.0. The largest absolute Gasteiger partial charge is 0.264 e. The lowest BCUT2D eigenvalue weighted by Crippen LogP contribution is -2.44. The monoisotopic (exact) mass is 557 g/mol. The van der Waals surface area contributed by atoms with Crippen LogP contribution < -0.4 is 0 Å². The summed E-state index contributed by atoms with van der Waals surface area (Å²) in [6.45, 7) is 0. The summed E-state index contributed by atoms with van der Waals surface area (Å²) in [5.74, 6) is 0. The zero-order valence-corrected chi connectivity index (χ0v) is 24.0. The molecule has 0 unspecified atom stereocenters. The fourth-order valence-electron chi connectivity index (χ4n) is 9.06. The molecule has 1 nitrogen and oxygen atoms in total. The van der Waals surface area contributed by atoms with Gasteiger partial charge in [-0.15, -0.1) is 0 Å². The van der Waals surface area contributed by atoms with Gasteiger partial charge in [0.1, 0.15) is 0 Å². The van der Waals surface area contributed by atoms with E-state index < -0.39 is 10.8 Å². The Balaban J connectivity index is 1.49. The Morgan fingerprint density at radius 1 is 0.318 bits per heavy atom. The van der Waals surface area contributed by atoms with E-state index in [0.717, 1.165) is 5.56 Å². The van der Waals surface area contributed by atoms with Gasteiger partial charge in [-0.2, -0.15) is 0 Å². The van der Waals surface area contributed by atoms with E-state index in [1.165, 1.54) is 72.3 Å². The summed E-state index contributed by atoms with van der Waals surface area (Å²) >= 11 is 0. The number of hydrogen-bond donors (Lipinski definition) is 0. The van der Waals surface area contributed by atoms with Crippen LogP contribution in [0.1, 0.15) is 44.5 Å². The Kier molecular flexibility index (Phi) is 4.64. The van der Waals surface area contributed by atoms with Crippen LogP contribution in [-0.2, 0) is 10.8 Å². The third-order valence-corrected chi connectivity index (χ3v) is 10.5. The maximum atomic E-state index is 4.62. The summed E-state index contributed by atoms with van der Waals surface area (Å²) in [5, 5.41) is 0. The van der Waals surface area contributed by atoms with E-state index in [1.54, 1.807) is 0 Å². The number of hydrogen-bond acceptors (Lipinski definition) is 1. The van der Waals surface area contributed by atoms with Gasteiger partial charge in [0.05, 0.1) is 10.8 Å². The summed E-state index contributed by atoms with van der Waals surface area (Å²) in [5.41, 5.74) is 17.5. The Morgan fingerprint density at radius 2 is 0.727 bits per heavy atom. The van der Waals surface area contributed by atoms with Crippen LogP contribution in [0.25, 0.3) is 33.4 Å². The van der Waals surface area contributed by atoms with Gasteiger partial charge >= 0.3 is 0 Å². The minimum absolute atomic E-state index is 0.463. The smallest absolute Gasteiger partial charge is 0.0726 e. The van der Waals surface area contributed by atoms with E-state index in [4.69, 9.17) is 0 Å². The number of aromatic nitrogens is 1. The molecule has 3 aliphatic rings. The normalized spacial score (nSPS) is 15.2. The molecule has 204 valence electrons. The van der Waals surface area contributed by atoms with Gasteiger partial charge in [0.2, 0.25) is 0 Å². The van der Waals surface area contributed by atoms with E-state index in [1.807, 2.05) is 12.4 Å². The highest BCUT2D eigenvalue weighted by Crippen LogP contribution is 2.68. The molecule has 0 radical (unpaired) electrons. The minimum Gasteiger partial charge on any atom is -0.264 e. The first-order valence-electron chi connectivity index (χ1n) is 15.4. The molecule has 0 atom stereocenters. The van der Waals surface area contributed by atoms with Crippen LogP contribution in [0.5, 0.6) is 0 Å². The second-order valence-corrected chi connectivity index (χ2v) is 12.2. The van der Waals surface area contributed by atoms with E-state index in [-0.39, 0.29) is 0 Å². The molecule has 3 aliphatic carbocycles. The topological polar surface area (TPSA) is 12.9 Å².